The van der Waals surface area contributed by atoms with E-state index in [4.69, 9.17) is 0 Å². The first-order chi connectivity index (χ1) is 14.1. The second-order valence-corrected chi connectivity index (χ2v) is 8.59. The van der Waals surface area contributed by atoms with E-state index in [1.54, 1.807) is 34.9 Å². The third-order valence-electron chi connectivity index (χ3n) is 5.67. The lowest BCUT2D eigenvalue weighted by Gasteiger charge is -2.21. The normalized spacial score (nSPS) is 14.8. The molecule has 0 aliphatic heterocycles. The number of fused-ring (bicyclic) bond motifs is 1. The Bertz CT molecular complexity index is 1020. The third kappa shape index (κ3) is 4.58. The Morgan fingerprint density at radius 1 is 1.03 bits per heavy atom. The highest BCUT2D eigenvalue weighted by molar-refractivity contribution is 9.10. The van der Waals surface area contributed by atoms with Gasteiger partial charge in [-0.25, -0.2) is 4.98 Å². The molecular weight excluding hydrogens is 430 g/mol. The van der Waals surface area contributed by atoms with Crippen LogP contribution >= 0.6 is 15.9 Å². The van der Waals surface area contributed by atoms with Crippen LogP contribution in [0.4, 0.5) is 0 Å². The summed E-state index contributed by atoms with van der Waals surface area (Å²) in [5.74, 6) is 0.535. The highest BCUT2D eigenvalue weighted by atomic mass is 79.9. The van der Waals surface area contributed by atoms with Crippen LogP contribution in [0.25, 0.3) is 5.65 Å². The highest BCUT2D eigenvalue weighted by Crippen LogP contribution is 2.25. The minimum Gasteiger partial charge on any atom is -0.352 e. The molecule has 0 radical (unpaired) electrons. The van der Waals surface area contributed by atoms with Gasteiger partial charge in [-0.3, -0.25) is 14.0 Å². The van der Waals surface area contributed by atoms with Crippen molar-refractivity contribution in [1.82, 2.24) is 14.7 Å². The molecule has 2 heterocycles. The molecule has 0 spiro atoms. The van der Waals surface area contributed by atoms with Crippen LogP contribution < -0.4 is 5.32 Å². The summed E-state index contributed by atoms with van der Waals surface area (Å²) in [4.78, 5) is 29.6. The smallest absolute Gasteiger partial charge is 0.251 e. The van der Waals surface area contributed by atoms with Crippen molar-refractivity contribution in [2.24, 2.45) is 5.92 Å². The van der Waals surface area contributed by atoms with Crippen LogP contribution in [0.1, 0.15) is 64.9 Å². The number of imidazole rings is 1. The van der Waals surface area contributed by atoms with E-state index in [1.807, 2.05) is 18.3 Å². The first-order valence-electron chi connectivity index (χ1n) is 10.2. The van der Waals surface area contributed by atoms with Gasteiger partial charge in [-0.1, -0.05) is 44.2 Å². The van der Waals surface area contributed by atoms with Crippen molar-refractivity contribution in [2.45, 2.75) is 38.5 Å². The van der Waals surface area contributed by atoms with E-state index >= 15 is 0 Å². The Morgan fingerprint density at radius 3 is 2.52 bits per heavy atom. The van der Waals surface area contributed by atoms with Crippen LogP contribution in [-0.4, -0.2) is 27.6 Å². The standard InChI is InChI=1S/C23H24BrN3O2/c24-19-10-11-21-26-14-20(27(21)15-19)22(28)17-6-8-18(9-7-17)23(29)25-13-12-16-4-2-1-3-5-16/h6-11,14-16H,1-5,12-13H2,(H,25,29). The number of hydrogen-bond donors (Lipinski definition) is 1. The fourth-order valence-electron chi connectivity index (χ4n) is 4.01. The quantitative estimate of drug-likeness (QED) is 0.532. The largest absolute Gasteiger partial charge is 0.352 e. The highest BCUT2D eigenvalue weighted by Gasteiger charge is 2.16. The van der Waals surface area contributed by atoms with Gasteiger partial charge in [-0.15, -0.1) is 0 Å². The van der Waals surface area contributed by atoms with Gasteiger partial charge in [-0.05, 0) is 52.5 Å². The molecule has 1 saturated carbocycles. The molecule has 0 saturated heterocycles. The van der Waals surface area contributed by atoms with Gasteiger partial charge in [0.15, 0.2) is 0 Å². The van der Waals surface area contributed by atoms with Crippen LogP contribution in [0.2, 0.25) is 0 Å². The van der Waals surface area contributed by atoms with Gasteiger partial charge in [0, 0.05) is 28.3 Å². The van der Waals surface area contributed by atoms with Crippen LogP contribution in [0.15, 0.2) is 53.3 Å². The van der Waals surface area contributed by atoms with Crippen molar-refractivity contribution >= 4 is 33.3 Å². The third-order valence-corrected chi connectivity index (χ3v) is 6.14. The lowest BCUT2D eigenvalue weighted by Crippen LogP contribution is -2.26. The number of carbonyl (C=O) groups is 2. The molecule has 29 heavy (non-hydrogen) atoms. The van der Waals surface area contributed by atoms with E-state index in [0.29, 0.717) is 29.0 Å². The number of amides is 1. The van der Waals surface area contributed by atoms with Crippen molar-refractivity contribution < 1.29 is 9.59 Å². The fraction of sp³-hybridized carbons (Fsp3) is 0.348. The average Bonchev–Trinajstić information content (AvgIpc) is 3.17. The minimum absolute atomic E-state index is 0.0847. The summed E-state index contributed by atoms with van der Waals surface area (Å²) in [6, 6.07) is 10.6. The predicted molar refractivity (Wildman–Crippen MR) is 116 cm³/mol. The van der Waals surface area contributed by atoms with Crippen LogP contribution in [0, 0.1) is 5.92 Å². The number of hydrogen-bond acceptors (Lipinski definition) is 3. The van der Waals surface area contributed by atoms with Gasteiger partial charge in [-0.2, -0.15) is 0 Å². The zero-order chi connectivity index (χ0) is 20.2. The van der Waals surface area contributed by atoms with Crippen LogP contribution in [-0.2, 0) is 0 Å². The number of pyridine rings is 1. The maximum absolute atomic E-state index is 12.9. The number of nitrogens with zero attached hydrogens (tertiary/aromatic N) is 2. The van der Waals surface area contributed by atoms with Gasteiger partial charge in [0.25, 0.3) is 5.91 Å². The molecule has 0 unspecified atom stereocenters. The Balaban J connectivity index is 1.39. The van der Waals surface area contributed by atoms with E-state index < -0.39 is 0 Å². The fourth-order valence-corrected chi connectivity index (χ4v) is 4.35. The van der Waals surface area contributed by atoms with Crippen molar-refractivity contribution in [1.29, 1.82) is 0 Å². The first-order valence-corrected chi connectivity index (χ1v) is 11.0. The molecule has 4 rings (SSSR count). The molecule has 3 aromatic rings. The van der Waals surface area contributed by atoms with Crippen molar-refractivity contribution in [3.8, 4) is 0 Å². The molecule has 1 fully saturated rings. The van der Waals surface area contributed by atoms with Gasteiger partial charge < -0.3 is 5.32 Å². The topological polar surface area (TPSA) is 63.5 Å². The lowest BCUT2D eigenvalue weighted by atomic mass is 9.87. The number of aromatic nitrogens is 2. The molecule has 1 N–H and O–H groups in total. The molecule has 150 valence electrons. The maximum Gasteiger partial charge on any atom is 0.251 e. The van der Waals surface area contributed by atoms with E-state index in [9.17, 15) is 9.59 Å². The second-order valence-electron chi connectivity index (χ2n) is 7.67. The summed E-state index contributed by atoms with van der Waals surface area (Å²) in [5, 5.41) is 3.01. The number of halogens is 1. The molecule has 1 aromatic carbocycles. The molecule has 6 heteroatoms. The van der Waals surface area contributed by atoms with Gasteiger partial charge >= 0.3 is 0 Å². The van der Waals surface area contributed by atoms with Gasteiger partial charge in [0.2, 0.25) is 5.78 Å². The zero-order valence-corrected chi connectivity index (χ0v) is 17.8. The van der Waals surface area contributed by atoms with Crippen LogP contribution in [0.3, 0.4) is 0 Å². The van der Waals surface area contributed by atoms with E-state index in [2.05, 4.69) is 26.2 Å². The Morgan fingerprint density at radius 2 is 1.76 bits per heavy atom. The Hall–Kier alpha value is -2.47. The molecule has 2 aromatic heterocycles. The number of nitrogens with one attached hydrogen (secondary N) is 1. The number of carbonyl (C=O) groups excluding carboxylic acids is 2. The summed E-state index contributed by atoms with van der Waals surface area (Å²) in [5.41, 5.74) is 2.31. The molecule has 0 atom stereocenters. The molecule has 1 amide bonds. The van der Waals surface area contributed by atoms with E-state index in [-0.39, 0.29) is 11.7 Å². The van der Waals surface area contributed by atoms with Crippen molar-refractivity contribution in [3.63, 3.8) is 0 Å². The van der Waals surface area contributed by atoms with Gasteiger partial charge in [0.1, 0.15) is 11.3 Å². The van der Waals surface area contributed by atoms with Crippen molar-refractivity contribution in [3.05, 3.63) is 70.1 Å². The minimum atomic E-state index is -0.125. The summed E-state index contributed by atoms with van der Waals surface area (Å²) in [6.45, 7) is 0.709. The molecular formula is C23H24BrN3O2. The summed E-state index contributed by atoms with van der Waals surface area (Å²) in [6.07, 6.45) is 11.0. The summed E-state index contributed by atoms with van der Waals surface area (Å²) >= 11 is 3.42. The molecule has 0 bridgehead atoms. The van der Waals surface area contributed by atoms with Crippen LogP contribution in [0.5, 0.6) is 0 Å². The van der Waals surface area contributed by atoms with Crippen molar-refractivity contribution in [2.75, 3.05) is 6.54 Å². The number of rotatable bonds is 6. The van der Waals surface area contributed by atoms with E-state index in [1.165, 1.54) is 32.1 Å². The summed E-state index contributed by atoms with van der Waals surface area (Å²) < 4.78 is 2.63. The Kier molecular flexibility index (Phi) is 6.09. The summed E-state index contributed by atoms with van der Waals surface area (Å²) in [7, 11) is 0. The molecule has 5 nitrogen and oxygen atoms in total. The average molecular weight is 454 g/mol. The zero-order valence-electron chi connectivity index (χ0n) is 16.2. The van der Waals surface area contributed by atoms with E-state index in [0.717, 1.165) is 16.8 Å². The SMILES string of the molecule is O=C(NCCC1CCCCC1)c1ccc(C(=O)c2cnc3ccc(Br)cn23)cc1. The first kappa shape index (κ1) is 19.8. The monoisotopic (exact) mass is 453 g/mol. The molecule has 1 aliphatic rings. The number of ketones is 1. The lowest BCUT2D eigenvalue weighted by molar-refractivity contribution is 0.0948. The second kappa shape index (κ2) is 8.91. The number of benzene rings is 1. The molecule has 1 aliphatic carbocycles. The predicted octanol–water partition coefficient (Wildman–Crippen LogP) is 5.03. The maximum atomic E-state index is 12.9. The van der Waals surface area contributed by atoms with Gasteiger partial charge in [0.05, 0.1) is 6.20 Å². The Labute approximate surface area is 178 Å².